The Morgan fingerprint density at radius 1 is 1.22 bits per heavy atom. The summed E-state index contributed by atoms with van der Waals surface area (Å²) < 4.78 is 43.1. The molecule has 1 aliphatic rings. The predicted molar refractivity (Wildman–Crippen MR) is 132 cm³/mol. The van der Waals surface area contributed by atoms with Crippen molar-refractivity contribution in [1.29, 1.82) is 0 Å². The number of allylic oxidation sites excluding steroid dienone is 1. The van der Waals surface area contributed by atoms with Gasteiger partial charge in [0.1, 0.15) is 5.39 Å². The molecule has 1 aromatic carbocycles. The lowest BCUT2D eigenvalue weighted by Crippen LogP contribution is -2.40. The van der Waals surface area contributed by atoms with Crippen LogP contribution in [0.3, 0.4) is 0 Å². The number of nitrogens with zero attached hydrogens (tertiary/aromatic N) is 5. The molecule has 37 heavy (non-hydrogen) atoms. The van der Waals surface area contributed by atoms with Gasteiger partial charge >= 0.3 is 6.18 Å². The van der Waals surface area contributed by atoms with Gasteiger partial charge in [0.2, 0.25) is 5.95 Å². The average molecular weight is 512 g/mol. The Morgan fingerprint density at radius 2 is 2.03 bits per heavy atom. The monoisotopic (exact) mass is 511 g/mol. The van der Waals surface area contributed by atoms with E-state index >= 15 is 0 Å². The first kappa shape index (κ1) is 24.7. The molecular weight excluding hydrogens is 487 g/mol. The Labute approximate surface area is 209 Å². The van der Waals surface area contributed by atoms with Gasteiger partial charge in [-0.25, -0.2) is 14.3 Å². The van der Waals surface area contributed by atoms with Crippen molar-refractivity contribution < 1.29 is 18.3 Å². The Morgan fingerprint density at radius 3 is 2.78 bits per heavy atom. The minimum atomic E-state index is -4.96. The fourth-order valence-electron chi connectivity index (χ4n) is 4.29. The number of halogens is 3. The summed E-state index contributed by atoms with van der Waals surface area (Å²) in [7, 11) is 0. The maximum absolute atomic E-state index is 13.5. The van der Waals surface area contributed by atoms with Crippen molar-refractivity contribution in [3.05, 3.63) is 82.6 Å². The molecule has 1 unspecified atom stereocenters. The molecular formula is C25H24F3N7O2. The van der Waals surface area contributed by atoms with Gasteiger partial charge in [0.05, 0.1) is 17.9 Å². The number of alkyl halides is 3. The topological polar surface area (TPSA) is 110 Å². The van der Waals surface area contributed by atoms with Gasteiger partial charge in [-0.1, -0.05) is 12.1 Å². The third-order valence-corrected chi connectivity index (χ3v) is 6.37. The number of nitrogens with one attached hydrogen (secondary N) is 2. The smallest absolute Gasteiger partial charge is 0.375 e. The van der Waals surface area contributed by atoms with E-state index in [1.54, 1.807) is 0 Å². The van der Waals surface area contributed by atoms with Crippen molar-refractivity contribution in [2.24, 2.45) is 0 Å². The summed E-state index contributed by atoms with van der Waals surface area (Å²) in [4.78, 5) is 25.7. The second kappa shape index (κ2) is 9.12. The van der Waals surface area contributed by atoms with Crippen LogP contribution in [0, 0.1) is 0 Å². The summed E-state index contributed by atoms with van der Waals surface area (Å²) in [6, 6.07) is 8.47. The second-order valence-corrected chi connectivity index (χ2v) is 8.92. The van der Waals surface area contributed by atoms with Gasteiger partial charge in [0.15, 0.2) is 11.2 Å². The van der Waals surface area contributed by atoms with Crippen molar-refractivity contribution in [2.75, 3.05) is 11.9 Å². The summed E-state index contributed by atoms with van der Waals surface area (Å²) >= 11 is 0. The first-order chi connectivity index (χ1) is 17.6. The number of pyridine rings is 1. The summed E-state index contributed by atoms with van der Waals surface area (Å²) in [5, 5.41) is 16.8. The fraction of sp³-hybridized carbons (Fsp3) is 0.280. The number of benzene rings is 1. The third kappa shape index (κ3) is 4.38. The number of hydrogen-bond donors (Lipinski definition) is 3. The van der Waals surface area contributed by atoms with E-state index in [1.165, 1.54) is 33.3 Å². The van der Waals surface area contributed by atoms with Crippen LogP contribution in [0.15, 0.2) is 60.2 Å². The number of hydrogen-bond acceptors (Lipinski definition) is 7. The number of rotatable bonds is 6. The van der Waals surface area contributed by atoms with Crippen LogP contribution >= 0.6 is 0 Å². The molecule has 0 fully saturated rings. The van der Waals surface area contributed by atoms with Crippen LogP contribution in [-0.4, -0.2) is 42.1 Å². The van der Waals surface area contributed by atoms with Crippen molar-refractivity contribution in [3.63, 3.8) is 0 Å². The third-order valence-electron chi connectivity index (χ3n) is 6.37. The molecule has 0 aliphatic carbocycles. The first-order valence-corrected chi connectivity index (χ1v) is 11.5. The van der Waals surface area contributed by atoms with Gasteiger partial charge in [-0.15, -0.1) is 6.58 Å². The fourth-order valence-corrected chi connectivity index (χ4v) is 4.29. The van der Waals surface area contributed by atoms with Crippen molar-refractivity contribution in [1.82, 2.24) is 29.6 Å². The molecule has 9 nitrogen and oxygen atoms in total. The van der Waals surface area contributed by atoms with Gasteiger partial charge in [-0.3, -0.25) is 9.78 Å². The van der Waals surface area contributed by atoms with Crippen molar-refractivity contribution >= 4 is 22.7 Å². The lowest BCUT2D eigenvalue weighted by atomic mass is 10.0. The van der Waals surface area contributed by atoms with Gasteiger partial charge in [-0.2, -0.15) is 18.2 Å². The number of aromatic nitrogens is 5. The number of aliphatic hydroxyl groups is 1. The second-order valence-electron chi connectivity index (χ2n) is 8.92. The molecule has 3 N–H and O–H groups in total. The van der Waals surface area contributed by atoms with E-state index in [-0.39, 0.29) is 29.2 Å². The summed E-state index contributed by atoms with van der Waals surface area (Å²) in [5.74, 6) is 0.206. The normalized spacial score (nSPS) is 15.3. The highest BCUT2D eigenvalue weighted by Crippen LogP contribution is 2.38. The van der Waals surface area contributed by atoms with Crippen molar-refractivity contribution in [2.45, 2.75) is 38.2 Å². The number of fused-ring (bicyclic) bond motifs is 2. The van der Waals surface area contributed by atoms with Gasteiger partial charge in [0, 0.05) is 24.6 Å². The summed E-state index contributed by atoms with van der Waals surface area (Å²) in [6.07, 6.45) is -0.0193. The molecule has 192 valence electrons. The van der Waals surface area contributed by atoms with E-state index in [2.05, 4.69) is 32.2 Å². The highest BCUT2D eigenvalue weighted by atomic mass is 19.4. The molecule has 4 aromatic rings. The maximum atomic E-state index is 13.5. The van der Waals surface area contributed by atoms with Crippen molar-refractivity contribution in [3.8, 4) is 5.69 Å². The molecule has 0 amide bonds. The molecule has 1 atom stereocenters. The van der Waals surface area contributed by atoms with Crippen LogP contribution in [0.1, 0.15) is 23.7 Å². The molecule has 0 saturated carbocycles. The molecule has 0 radical (unpaired) electrons. The van der Waals surface area contributed by atoms with E-state index in [9.17, 15) is 23.1 Å². The van der Waals surface area contributed by atoms with E-state index in [1.807, 2.05) is 18.2 Å². The molecule has 12 heteroatoms. The van der Waals surface area contributed by atoms with E-state index in [4.69, 9.17) is 0 Å². The van der Waals surface area contributed by atoms with Crippen LogP contribution < -0.4 is 16.2 Å². The largest absolute Gasteiger partial charge is 0.422 e. The van der Waals surface area contributed by atoms with Crippen LogP contribution in [0.5, 0.6) is 0 Å². The van der Waals surface area contributed by atoms with E-state index in [0.29, 0.717) is 6.92 Å². The molecule has 3 aromatic heterocycles. The van der Waals surface area contributed by atoms with E-state index in [0.717, 1.165) is 43.0 Å². The highest BCUT2D eigenvalue weighted by molar-refractivity contribution is 5.77. The predicted octanol–water partition coefficient (Wildman–Crippen LogP) is 3.32. The quantitative estimate of drug-likeness (QED) is 0.341. The van der Waals surface area contributed by atoms with Crippen LogP contribution in [0.4, 0.5) is 24.8 Å². The highest BCUT2D eigenvalue weighted by Gasteiger charge is 2.52. The van der Waals surface area contributed by atoms with Crippen LogP contribution in [-0.2, 0) is 25.1 Å². The van der Waals surface area contributed by atoms with Gasteiger partial charge in [-0.05, 0) is 55.3 Å². The lowest BCUT2D eigenvalue weighted by Gasteiger charge is -2.26. The standard InChI is InChI=1S/C25H24F3N7O2/c1-3-10-34-22(36)19-14-31-23(32-17-5-4-15-6-8-29-13-16(15)11-17)33-21(19)35(34)18-7-9-30-20(12-18)24(2,37)25(26,27)28/h3-5,7,9,11-12,14,29,37H,1,6,8,10,13H2,2H3,(H,31,32,33). The van der Waals surface area contributed by atoms with E-state index < -0.39 is 23.0 Å². The molecule has 5 rings (SSSR count). The van der Waals surface area contributed by atoms with Gasteiger partial charge in [0.25, 0.3) is 5.56 Å². The zero-order valence-corrected chi connectivity index (χ0v) is 19.9. The summed E-state index contributed by atoms with van der Waals surface area (Å²) in [5.41, 5.74) is -0.742. The molecule has 0 bridgehead atoms. The Hall–Kier alpha value is -4.03. The lowest BCUT2D eigenvalue weighted by molar-refractivity contribution is -0.260. The first-order valence-electron chi connectivity index (χ1n) is 11.5. The maximum Gasteiger partial charge on any atom is 0.422 e. The Bertz CT molecular complexity index is 1560. The molecule has 4 heterocycles. The number of anilines is 2. The Kier molecular flexibility index (Phi) is 6.08. The minimum Gasteiger partial charge on any atom is -0.375 e. The molecule has 0 spiro atoms. The van der Waals surface area contributed by atoms with Crippen LogP contribution in [0.25, 0.3) is 16.7 Å². The summed E-state index contributed by atoms with van der Waals surface area (Å²) in [6.45, 7) is 6.03. The molecule has 1 aliphatic heterocycles. The Balaban J connectivity index is 1.62. The zero-order chi connectivity index (χ0) is 26.4. The SMILES string of the molecule is C=CCn1c(=O)c2cnc(Nc3ccc4c(c3)CNCC4)nc2n1-c1ccnc(C(C)(O)C(F)(F)F)c1. The molecule has 0 saturated heterocycles. The van der Waals surface area contributed by atoms with Crippen LogP contribution in [0.2, 0.25) is 0 Å². The minimum absolute atomic E-state index is 0.0586. The van der Waals surface area contributed by atoms with Gasteiger partial charge < -0.3 is 15.7 Å². The average Bonchev–Trinajstić information content (AvgIpc) is 3.14. The zero-order valence-electron chi connectivity index (χ0n) is 19.9.